The zero-order valence-corrected chi connectivity index (χ0v) is 13.9. The normalized spacial score (nSPS) is 21.8. The number of nitrogens with zero attached hydrogens (tertiary/aromatic N) is 1. The second kappa shape index (κ2) is 7.51. The zero-order valence-electron chi connectivity index (χ0n) is 13.9. The summed E-state index contributed by atoms with van der Waals surface area (Å²) in [6, 6.07) is 18.7. The summed E-state index contributed by atoms with van der Waals surface area (Å²) in [5, 5.41) is 0. The van der Waals surface area contributed by atoms with Crippen molar-refractivity contribution in [2.24, 2.45) is 5.92 Å². The van der Waals surface area contributed by atoms with Gasteiger partial charge in [0.2, 0.25) is 0 Å². The first kappa shape index (κ1) is 15.9. The summed E-state index contributed by atoms with van der Waals surface area (Å²) in [7, 11) is 3.87. The highest BCUT2D eigenvalue weighted by atomic mass is 16.5. The molecule has 122 valence electrons. The molecule has 0 aromatic heterocycles. The van der Waals surface area contributed by atoms with Crippen molar-refractivity contribution >= 4 is 0 Å². The van der Waals surface area contributed by atoms with Crippen molar-refractivity contribution in [3.63, 3.8) is 0 Å². The van der Waals surface area contributed by atoms with Crippen LogP contribution in [0.2, 0.25) is 0 Å². The zero-order chi connectivity index (χ0) is 16.1. The molecule has 23 heavy (non-hydrogen) atoms. The van der Waals surface area contributed by atoms with Gasteiger partial charge in [-0.15, -0.1) is 0 Å². The Morgan fingerprint density at radius 3 is 2.39 bits per heavy atom. The first-order valence-electron chi connectivity index (χ1n) is 8.26. The fourth-order valence-corrected chi connectivity index (χ4v) is 3.40. The predicted molar refractivity (Wildman–Crippen MR) is 93.3 cm³/mol. The third kappa shape index (κ3) is 4.05. The summed E-state index contributed by atoms with van der Waals surface area (Å²) >= 11 is 0. The van der Waals surface area contributed by atoms with Crippen LogP contribution in [0.25, 0.3) is 0 Å². The molecule has 0 bridgehead atoms. The van der Waals surface area contributed by atoms with Crippen molar-refractivity contribution in [1.29, 1.82) is 0 Å². The number of piperidine rings is 1. The molecular formula is C20H25NO2. The van der Waals surface area contributed by atoms with Crippen molar-refractivity contribution in [3.8, 4) is 11.5 Å². The predicted octanol–water partition coefficient (Wildman–Crippen LogP) is 3.81. The van der Waals surface area contributed by atoms with E-state index in [2.05, 4.69) is 42.3 Å². The van der Waals surface area contributed by atoms with Gasteiger partial charge in [0.15, 0.2) is 0 Å². The smallest absolute Gasteiger partial charge is 0.119 e. The number of rotatable bonds is 5. The minimum Gasteiger partial charge on any atom is -0.497 e. The number of hydrogen-bond donors (Lipinski definition) is 0. The molecule has 3 heteroatoms. The number of benzene rings is 2. The molecule has 0 amide bonds. The van der Waals surface area contributed by atoms with E-state index < -0.39 is 0 Å². The molecule has 0 unspecified atom stereocenters. The SMILES string of the molecule is COc1ccc(OC[C@@H]2CN(C)CC[C@@H]2c2ccccc2)cc1. The number of hydrogen-bond acceptors (Lipinski definition) is 3. The standard InChI is InChI=1S/C20H25NO2/c1-21-13-12-20(16-6-4-3-5-7-16)17(14-21)15-23-19-10-8-18(22-2)9-11-19/h3-11,17,20H,12-15H2,1-2H3/t17-,20+/m0/s1. The summed E-state index contributed by atoms with van der Waals surface area (Å²) in [5.74, 6) is 2.85. The van der Waals surface area contributed by atoms with Gasteiger partial charge in [0.25, 0.3) is 0 Å². The van der Waals surface area contributed by atoms with Crippen molar-refractivity contribution in [2.75, 3.05) is 33.9 Å². The van der Waals surface area contributed by atoms with Gasteiger partial charge in [0.1, 0.15) is 11.5 Å². The van der Waals surface area contributed by atoms with Gasteiger partial charge in [0.05, 0.1) is 13.7 Å². The topological polar surface area (TPSA) is 21.7 Å². The molecule has 3 nitrogen and oxygen atoms in total. The Bertz CT molecular complexity index is 597. The molecule has 2 atom stereocenters. The minimum atomic E-state index is 0.512. The van der Waals surface area contributed by atoms with E-state index in [1.165, 1.54) is 12.0 Å². The summed E-state index contributed by atoms with van der Waals surface area (Å²) in [5.41, 5.74) is 1.43. The van der Waals surface area contributed by atoms with Crippen LogP contribution in [-0.2, 0) is 0 Å². The van der Waals surface area contributed by atoms with E-state index in [0.29, 0.717) is 11.8 Å². The average molecular weight is 311 g/mol. The van der Waals surface area contributed by atoms with Crippen molar-refractivity contribution < 1.29 is 9.47 Å². The number of methoxy groups -OCH3 is 1. The molecule has 1 saturated heterocycles. The summed E-state index contributed by atoms with van der Waals surface area (Å²) in [6.45, 7) is 2.98. The van der Waals surface area contributed by atoms with Gasteiger partial charge in [-0.3, -0.25) is 0 Å². The van der Waals surface area contributed by atoms with E-state index in [9.17, 15) is 0 Å². The van der Waals surface area contributed by atoms with Gasteiger partial charge >= 0.3 is 0 Å². The van der Waals surface area contributed by atoms with Gasteiger partial charge in [-0.2, -0.15) is 0 Å². The maximum atomic E-state index is 6.06. The Balaban J connectivity index is 1.67. The lowest BCUT2D eigenvalue weighted by molar-refractivity contribution is 0.129. The van der Waals surface area contributed by atoms with Crippen molar-refractivity contribution in [2.45, 2.75) is 12.3 Å². The molecule has 0 spiro atoms. The van der Waals surface area contributed by atoms with E-state index in [4.69, 9.17) is 9.47 Å². The number of likely N-dealkylation sites (tertiary alicyclic amines) is 1. The van der Waals surface area contributed by atoms with Crippen LogP contribution in [-0.4, -0.2) is 38.8 Å². The highest BCUT2D eigenvalue weighted by Crippen LogP contribution is 2.33. The van der Waals surface area contributed by atoms with Crippen LogP contribution in [0.5, 0.6) is 11.5 Å². The molecule has 2 aromatic rings. The Hall–Kier alpha value is -2.00. The molecule has 1 heterocycles. The van der Waals surface area contributed by atoms with Gasteiger partial charge in [-0.1, -0.05) is 30.3 Å². The minimum absolute atomic E-state index is 0.512. The maximum absolute atomic E-state index is 6.06. The molecule has 0 aliphatic carbocycles. The Labute approximate surface area is 138 Å². The van der Waals surface area contributed by atoms with Crippen LogP contribution >= 0.6 is 0 Å². The molecule has 2 aromatic carbocycles. The first-order chi connectivity index (χ1) is 11.3. The molecule has 0 N–H and O–H groups in total. The lowest BCUT2D eigenvalue weighted by Gasteiger charge is -2.37. The summed E-state index contributed by atoms with van der Waals surface area (Å²) < 4.78 is 11.3. The molecule has 0 radical (unpaired) electrons. The molecule has 1 aliphatic rings. The van der Waals surface area contributed by atoms with Crippen LogP contribution in [0, 0.1) is 5.92 Å². The largest absolute Gasteiger partial charge is 0.497 e. The Morgan fingerprint density at radius 2 is 1.70 bits per heavy atom. The van der Waals surface area contributed by atoms with E-state index in [1.807, 2.05) is 24.3 Å². The Morgan fingerprint density at radius 1 is 1.00 bits per heavy atom. The van der Waals surface area contributed by atoms with E-state index in [0.717, 1.165) is 31.2 Å². The maximum Gasteiger partial charge on any atom is 0.119 e. The molecule has 3 rings (SSSR count). The summed E-state index contributed by atoms with van der Waals surface area (Å²) in [4.78, 5) is 2.40. The molecule has 1 fully saturated rings. The fourth-order valence-electron chi connectivity index (χ4n) is 3.40. The van der Waals surface area contributed by atoms with E-state index >= 15 is 0 Å². The fraction of sp³-hybridized carbons (Fsp3) is 0.400. The van der Waals surface area contributed by atoms with Crippen LogP contribution in [0.4, 0.5) is 0 Å². The van der Waals surface area contributed by atoms with Crippen molar-refractivity contribution in [1.82, 2.24) is 4.90 Å². The first-order valence-corrected chi connectivity index (χ1v) is 8.26. The third-order valence-corrected chi connectivity index (χ3v) is 4.69. The molecule has 0 saturated carbocycles. The van der Waals surface area contributed by atoms with E-state index in [-0.39, 0.29) is 0 Å². The van der Waals surface area contributed by atoms with Crippen LogP contribution < -0.4 is 9.47 Å². The molecule has 1 aliphatic heterocycles. The molecular weight excluding hydrogens is 286 g/mol. The number of ether oxygens (including phenoxy) is 2. The third-order valence-electron chi connectivity index (χ3n) is 4.69. The van der Waals surface area contributed by atoms with Crippen LogP contribution in [0.15, 0.2) is 54.6 Å². The second-order valence-electron chi connectivity index (χ2n) is 6.31. The van der Waals surface area contributed by atoms with Crippen LogP contribution in [0.1, 0.15) is 17.9 Å². The highest BCUT2D eigenvalue weighted by molar-refractivity contribution is 5.31. The van der Waals surface area contributed by atoms with Crippen molar-refractivity contribution in [3.05, 3.63) is 60.2 Å². The average Bonchev–Trinajstić information content (AvgIpc) is 2.61. The van der Waals surface area contributed by atoms with Gasteiger partial charge in [0, 0.05) is 12.5 Å². The monoisotopic (exact) mass is 311 g/mol. The lowest BCUT2D eigenvalue weighted by atomic mass is 9.81. The van der Waals surface area contributed by atoms with Gasteiger partial charge in [-0.05, 0) is 55.8 Å². The van der Waals surface area contributed by atoms with Gasteiger partial charge < -0.3 is 14.4 Å². The quantitative estimate of drug-likeness (QED) is 0.838. The summed E-state index contributed by atoms with van der Waals surface area (Å²) in [6.07, 6.45) is 1.19. The van der Waals surface area contributed by atoms with E-state index in [1.54, 1.807) is 7.11 Å². The van der Waals surface area contributed by atoms with Crippen LogP contribution in [0.3, 0.4) is 0 Å². The van der Waals surface area contributed by atoms with Gasteiger partial charge in [-0.25, -0.2) is 0 Å². The Kier molecular flexibility index (Phi) is 5.19. The highest BCUT2D eigenvalue weighted by Gasteiger charge is 2.29. The second-order valence-corrected chi connectivity index (χ2v) is 6.31. The lowest BCUT2D eigenvalue weighted by Crippen LogP contribution is -2.39.